The first kappa shape index (κ1) is 16.9. The molecule has 1 amide bonds. The van der Waals surface area contributed by atoms with Crippen molar-refractivity contribution in [1.82, 2.24) is 4.90 Å². The van der Waals surface area contributed by atoms with Crippen molar-refractivity contribution < 1.29 is 9.18 Å². The number of rotatable bonds is 4. The number of nitrogens with zero attached hydrogens (tertiary/aromatic N) is 3. The van der Waals surface area contributed by atoms with Gasteiger partial charge in [0, 0.05) is 31.9 Å². The molecule has 5 nitrogen and oxygen atoms in total. The third-order valence-corrected chi connectivity index (χ3v) is 4.25. The zero-order valence-electron chi connectivity index (χ0n) is 13.8. The Balaban J connectivity index is 1.51. The number of anilines is 2. The van der Waals surface area contributed by atoms with E-state index in [2.05, 4.69) is 21.2 Å². The van der Waals surface area contributed by atoms with Crippen molar-refractivity contribution in [1.29, 1.82) is 5.26 Å². The molecular formula is C19H19FN4O. The molecule has 0 saturated carbocycles. The Hall–Kier alpha value is -2.91. The molecule has 0 spiro atoms. The summed E-state index contributed by atoms with van der Waals surface area (Å²) < 4.78 is 13.0. The number of nitriles is 1. The molecule has 1 saturated heterocycles. The smallest absolute Gasteiger partial charge is 0.238 e. The summed E-state index contributed by atoms with van der Waals surface area (Å²) in [5, 5.41) is 11.9. The molecule has 0 aromatic heterocycles. The summed E-state index contributed by atoms with van der Waals surface area (Å²) in [6.07, 6.45) is 0. The van der Waals surface area contributed by atoms with Crippen molar-refractivity contribution in [2.75, 3.05) is 42.9 Å². The molecule has 2 aromatic rings. The number of nitrogens with one attached hydrogen (secondary N) is 1. The number of piperazine rings is 1. The quantitative estimate of drug-likeness (QED) is 0.930. The average molecular weight is 338 g/mol. The van der Waals surface area contributed by atoms with Crippen LogP contribution in [0.4, 0.5) is 15.8 Å². The molecule has 25 heavy (non-hydrogen) atoms. The monoisotopic (exact) mass is 338 g/mol. The standard InChI is InChI=1S/C19H19FN4O/c20-16-5-7-17(8-6-16)24-11-9-23(10-12-24)14-19(25)22-18-4-2-1-3-15(18)13-21/h1-8H,9-12,14H2,(H,22,25). The minimum absolute atomic E-state index is 0.127. The van der Waals surface area contributed by atoms with Gasteiger partial charge in [0.05, 0.1) is 17.8 Å². The van der Waals surface area contributed by atoms with Crippen LogP contribution in [0.3, 0.4) is 0 Å². The topological polar surface area (TPSA) is 59.4 Å². The van der Waals surface area contributed by atoms with E-state index in [9.17, 15) is 9.18 Å². The van der Waals surface area contributed by atoms with Gasteiger partial charge in [-0.05, 0) is 36.4 Å². The van der Waals surface area contributed by atoms with Crippen LogP contribution in [0.2, 0.25) is 0 Å². The minimum atomic E-state index is -0.239. The number of amides is 1. The van der Waals surface area contributed by atoms with E-state index >= 15 is 0 Å². The minimum Gasteiger partial charge on any atom is -0.369 e. The first-order valence-electron chi connectivity index (χ1n) is 8.17. The van der Waals surface area contributed by atoms with Crippen molar-refractivity contribution in [2.24, 2.45) is 0 Å². The van der Waals surface area contributed by atoms with Gasteiger partial charge in [-0.2, -0.15) is 5.26 Å². The highest BCUT2D eigenvalue weighted by Gasteiger charge is 2.19. The van der Waals surface area contributed by atoms with Gasteiger partial charge in [-0.1, -0.05) is 12.1 Å². The molecule has 6 heteroatoms. The third-order valence-electron chi connectivity index (χ3n) is 4.25. The maximum absolute atomic E-state index is 13.0. The molecular weight excluding hydrogens is 319 g/mol. The number of para-hydroxylation sites is 1. The highest BCUT2D eigenvalue weighted by atomic mass is 19.1. The number of halogens is 1. The van der Waals surface area contributed by atoms with Gasteiger partial charge in [-0.15, -0.1) is 0 Å². The molecule has 1 heterocycles. The lowest BCUT2D eigenvalue weighted by Gasteiger charge is -2.35. The van der Waals surface area contributed by atoms with Gasteiger partial charge in [0.2, 0.25) is 5.91 Å². The largest absolute Gasteiger partial charge is 0.369 e. The van der Waals surface area contributed by atoms with Crippen LogP contribution in [0, 0.1) is 17.1 Å². The van der Waals surface area contributed by atoms with Gasteiger partial charge in [0.25, 0.3) is 0 Å². The Labute approximate surface area is 146 Å². The average Bonchev–Trinajstić information content (AvgIpc) is 2.63. The summed E-state index contributed by atoms with van der Waals surface area (Å²) in [7, 11) is 0. The van der Waals surface area contributed by atoms with E-state index in [4.69, 9.17) is 5.26 Å². The highest BCUT2D eigenvalue weighted by Crippen LogP contribution is 2.17. The molecule has 0 bridgehead atoms. The molecule has 0 unspecified atom stereocenters. The molecule has 0 aliphatic carbocycles. The van der Waals surface area contributed by atoms with Crippen molar-refractivity contribution >= 4 is 17.3 Å². The SMILES string of the molecule is N#Cc1ccccc1NC(=O)CN1CCN(c2ccc(F)cc2)CC1. The zero-order valence-corrected chi connectivity index (χ0v) is 13.8. The van der Waals surface area contributed by atoms with Gasteiger partial charge in [0.1, 0.15) is 11.9 Å². The summed E-state index contributed by atoms with van der Waals surface area (Å²) in [6, 6.07) is 15.5. The Bertz CT molecular complexity index is 777. The molecule has 1 fully saturated rings. The highest BCUT2D eigenvalue weighted by molar-refractivity contribution is 5.93. The number of benzene rings is 2. The van der Waals surface area contributed by atoms with E-state index in [1.165, 1.54) is 12.1 Å². The summed E-state index contributed by atoms with van der Waals surface area (Å²) in [5.41, 5.74) is 1.99. The van der Waals surface area contributed by atoms with Gasteiger partial charge in [0.15, 0.2) is 0 Å². The molecule has 1 aliphatic heterocycles. The Morgan fingerprint density at radius 3 is 2.44 bits per heavy atom. The molecule has 128 valence electrons. The van der Waals surface area contributed by atoms with E-state index in [1.54, 1.807) is 36.4 Å². The summed E-state index contributed by atoms with van der Waals surface area (Å²) in [5.74, 6) is -0.366. The normalized spacial score (nSPS) is 14.8. The predicted molar refractivity (Wildman–Crippen MR) is 94.8 cm³/mol. The fraction of sp³-hybridized carbons (Fsp3) is 0.263. The van der Waals surface area contributed by atoms with Gasteiger partial charge >= 0.3 is 0 Å². The second-order valence-electron chi connectivity index (χ2n) is 5.95. The number of carbonyl (C=O) groups is 1. The first-order chi connectivity index (χ1) is 12.2. The van der Waals surface area contributed by atoms with Crippen molar-refractivity contribution in [3.05, 3.63) is 59.9 Å². The maximum atomic E-state index is 13.0. The van der Waals surface area contributed by atoms with E-state index in [-0.39, 0.29) is 18.3 Å². The lowest BCUT2D eigenvalue weighted by molar-refractivity contribution is -0.117. The van der Waals surface area contributed by atoms with Crippen LogP contribution in [0.15, 0.2) is 48.5 Å². The molecule has 0 radical (unpaired) electrons. The molecule has 1 N–H and O–H groups in total. The van der Waals surface area contributed by atoms with E-state index < -0.39 is 0 Å². The fourth-order valence-corrected chi connectivity index (χ4v) is 2.90. The molecule has 3 rings (SSSR count). The van der Waals surface area contributed by atoms with E-state index in [0.717, 1.165) is 31.9 Å². The first-order valence-corrected chi connectivity index (χ1v) is 8.17. The van der Waals surface area contributed by atoms with E-state index in [1.807, 2.05) is 0 Å². The number of carbonyl (C=O) groups excluding carboxylic acids is 1. The number of hydrogen-bond donors (Lipinski definition) is 1. The summed E-state index contributed by atoms with van der Waals surface area (Å²) in [4.78, 5) is 16.5. The fourth-order valence-electron chi connectivity index (χ4n) is 2.90. The molecule has 0 atom stereocenters. The van der Waals surface area contributed by atoms with Crippen molar-refractivity contribution in [3.63, 3.8) is 0 Å². The van der Waals surface area contributed by atoms with E-state index in [0.29, 0.717) is 11.3 Å². The van der Waals surface area contributed by atoms with Crippen LogP contribution in [-0.4, -0.2) is 43.5 Å². The lowest BCUT2D eigenvalue weighted by atomic mass is 10.2. The predicted octanol–water partition coefficient (Wildman–Crippen LogP) is 2.46. The van der Waals surface area contributed by atoms with Gasteiger partial charge < -0.3 is 10.2 Å². The summed E-state index contributed by atoms with van der Waals surface area (Å²) >= 11 is 0. The van der Waals surface area contributed by atoms with Crippen LogP contribution in [-0.2, 0) is 4.79 Å². The Morgan fingerprint density at radius 2 is 1.76 bits per heavy atom. The summed E-state index contributed by atoms with van der Waals surface area (Å²) in [6.45, 7) is 3.37. The van der Waals surface area contributed by atoms with Gasteiger partial charge in [-0.25, -0.2) is 4.39 Å². The van der Waals surface area contributed by atoms with Crippen LogP contribution < -0.4 is 10.2 Å². The third kappa shape index (κ3) is 4.34. The molecule has 1 aliphatic rings. The van der Waals surface area contributed by atoms with Crippen molar-refractivity contribution in [3.8, 4) is 6.07 Å². The second kappa shape index (κ2) is 7.77. The lowest BCUT2D eigenvalue weighted by Crippen LogP contribution is -2.48. The van der Waals surface area contributed by atoms with Crippen LogP contribution in [0.5, 0.6) is 0 Å². The second-order valence-corrected chi connectivity index (χ2v) is 5.95. The van der Waals surface area contributed by atoms with Crippen molar-refractivity contribution in [2.45, 2.75) is 0 Å². The maximum Gasteiger partial charge on any atom is 0.238 e. The van der Waals surface area contributed by atoms with Crippen LogP contribution in [0.1, 0.15) is 5.56 Å². The Morgan fingerprint density at radius 1 is 1.08 bits per heavy atom. The zero-order chi connectivity index (χ0) is 17.6. The number of hydrogen-bond acceptors (Lipinski definition) is 4. The van der Waals surface area contributed by atoms with Gasteiger partial charge in [-0.3, -0.25) is 9.69 Å². The van der Waals surface area contributed by atoms with Crippen LogP contribution >= 0.6 is 0 Å². The Kier molecular flexibility index (Phi) is 5.26. The van der Waals surface area contributed by atoms with Crippen LogP contribution in [0.25, 0.3) is 0 Å². The molecule has 2 aromatic carbocycles.